The van der Waals surface area contributed by atoms with Gasteiger partial charge >= 0.3 is 0 Å². The van der Waals surface area contributed by atoms with Gasteiger partial charge in [0.05, 0.1) is 30.9 Å². The lowest BCUT2D eigenvalue weighted by atomic mass is 9.35. The highest BCUT2D eigenvalue weighted by Gasteiger charge is 2.41. The summed E-state index contributed by atoms with van der Waals surface area (Å²) < 4.78 is 14.8. The highest BCUT2D eigenvalue weighted by molar-refractivity contribution is 6.98. The Balaban J connectivity index is 1.24. The molecule has 0 spiro atoms. The van der Waals surface area contributed by atoms with Gasteiger partial charge in [-0.3, -0.25) is 4.98 Å². The normalized spacial score (nSPS) is 14.5. The van der Waals surface area contributed by atoms with E-state index in [2.05, 4.69) is 123 Å². The third kappa shape index (κ3) is 4.19. The lowest BCUT2D eigenvalue weighted by Gasteiger charge is -2.33. The Kier molecular flexibility index (Phi) is 6.08. The Labute approximate surface area is 258 Å². The zero-order valence-corrected chi connectivity index (χ0v) is 25.7. The van der Waals surface area contributed by atoms with Gasteiger partial charge in [-0.2, -0.15) is 5.10 Å². The predicted octanol–water partition coefficient (Wildman–Crippen LogP) is 6.09. The molecule has 0 atom stereocenters. The van der Waals surface area contributed by atoms with Crippen LogP contribution in [0.5, 0.6) is 23.0 Å². The average Bonchev–Trinajstić information content (AvgIpc) is 3.70. The molecule has 0 saturated carbocycles. The number of hydrogen-bond donors (Lipinski definition) is 0. The first-order valence-electron chi connectivity index (χ1n) is 15.3. The monoisotopic (exact) mass is 579 g/mol. The second-order valence-electron chi connectivity index (χ2n) is 12.6. The minimum Gasteiger partial charge on any atom is -0.457 e. The number of ether oxygens (including phenoxy) is 2. The molecule has 0 aliphatic carbocycles. The summed E-state index contributed by atoms with van der Waals surface area (Å²) in [6.45, 7) is 9.77. The van der Waals surface area contributed by atoms with Crippen LogP contribution >= 0.6 is 0 Å². The zero-order chi connectivity index (χ0) is 30.1. The van der Waals surface area contributed by atoms with Crippen LogP contribution in [-0.4, -0.2) is 40.1 Å². The van der Waals surface area contributed by atoms with Crippen LogP contribution < -0.4 is 30.8 Å². The van der Waals surface area contributed by atoms with Gasteiger partial charge in [-0.25, -0.2) is 4.68 Å². The molecular formula is C36H34BN5O2. The summed E-state index contributed by atoms with van der Waals surface area (Å²) in [4.78, 5) is 8.82. The lowest BCUT2D eigenvalue weighted by molar-refractivity contribution is 0.460. The van der Waals surface area contributed by atoms with Crippen LogP contribution in [0.3, 0.4) is 0 Å². The molecule has 3 aliphatic heterocycles. The van der Waals surface area contributed by atoms with Crippen molar-refractivity contribution in [2.45, 2.75) is 39.5 Å². The molecule has 0 fully saturated rings. The van der Waals surface area contributed by atoms with Crippen molar-refractivity contribution >= 4 is 28.8 Å². The number of hydrogen-bond acceptors (Lipinski definition) is 6. The van der Waals surface area contributed by atoms with Crippen LogP contribution in [0.2, 0.25) is 0 Å². The number of anilines is 1. The van der Waals surface area contributed by atoms with E-state index >= 15 is 0 Å². The molecule has 44 heavy (non-hydrogen) atoms. The molecule has 0 saturated heterocycles. The van der Waals surface area contributed by atoms with E-state index in [1.165, 1.54) is 16.7 Å². The molecule has 218 valence electrons. The highest BCUT2D eigenvalue weighted by Crippen LogP contribution is 2.38. The number of rotatable bonds is 5. The summed E-state index contributed by atoms with van der Waals surface area (Å²) >= 11 is 0. The van der Waals surface area contributed by atoms with Gasteiger partial charge in [-0.05, 0) is 75.8 Å². The molecule has 0 bridgehead atoms. The molecule has 0 unspecified atom stereocenters. The number of pyridine rings is 1. The van der Waals surface area contributed by atoms with Crippen LogP contribution in [0.1, 0.15) is 50.7 Å². The minimum atomic E-state index is -0.0658. The van der Waals surface area contributed by atoms with E-state index < -0.39 is 0 Å². The van der Waals surface area contributed by atoms with Crippen molar-refractivity contribution in [3.8, 4) is 39.8 Å². The van der Waals surface area contributed by atoms with Crippen molar-refractivity contribution in [3.05, 3.63) is 103 Å². The Morgan fingerprint density at radius 2 is 1.39 bits per heavy atom. The maximum absolute atomic E-state index is 6.43. The smallest absolute Gasteiger partial charge is 0.261 e. The molecule has 8 rings (SSSR count). The first kappa shape index (κ1) is 26.6. The van der Waals surface area contributed by atoms with E-state index in [4.69, 9.17) is 14.6 Å². The zero-order valence-electron chi connectivity index (χ0n) is 25.7. The van der Waals surface area contributed by atoms with Crippen molar-refractivity contribution < 1.29 is 9.47 Å². The first-order chi connectivity index (χ1) is 21.4. The van der Waals surface area contributed by atoms with Crippen molar-refractivity contribution in [1.82, 2.24) is 19.7 Å². The maximum atomic E-state index is 6.43. The average molecular weight is 580 g/mol. The van der Waals surface area contributed by atoms with Gasteiger partial charge in [0.15, 0.2) is 0 Å². The Hall–Kier alpha value is -4.98. The summed E-state index contributed by atoms with van der Waals surface area (Å²) in [6, 6.07) is 19.5. The van der Waals surface area contributed by atoms with Crippen molar-refractivity contribution in [3.63, 3.8) is 0 Å². The quantitative estimate of drug-likeness (QED) is 0.230. The van der Waals surface area contributed by atoms with Crippen molar-refractivity contribution in [1.29, 1.82) is 0 Å². The standard InChI is InChI=1S/C36H34BN5O2/c1-22(2)27-7-6-8-28(23(3)4)35(27)24-17-39-42(20-24)26-10-12-32-30(16-26)37-29-15-25(41-14-13-40(5)21-41)9-11-31(29)43-33-18-38-19-34(44-32)36(33)37/h6-20,22-23H,21H2,1-5H3. The van der Waals surface area contributed by atoms with E-state index in [9.17, 15) is 0 Å². The molecule has 5 heterocycles. The third-order valence-corrected chi connectivity index (χ3v) is 8.97. The summed E-state index contributed by atoms with van der Waals surface area (Å²) in [6.07, 6.45) is 11.9. The Morgan fingerprint density at radius 3 is 2.00 bits per heavy atom. The Morgan fingerprint density at radius 1 is 0.750 bits per heavy atom. The number of fused-ring (bicyclic) bond motifs is 4. The fourth-order valence-corrected chi connectivity index (χ4v) is 6.80. The SMILES string of the molecule is CC(C)c1cccc(C(C)C)c1-c1cnn(-c2ccc3c(c2)B2c4cc(N5C=CN(C)C5)ccc4Oc4cncc(c42)O3)c1. The molecule has 3 aromatic carbocycles. The molecule has 7 nitrogen and oxygen atoms in total. The summed E-state index contributed by atoms with van der Waals surface area (Å²) in [5.74, 6) is 3.95. The van der Waals surface area contributed by atoms with Crippen molar-refractivity contribution in [2.75, 3.05) is 18.6 Å². The summed E-state index contributed by atoms with van der Waals surface area (Å²) in [5, 5.41) is 4.88. The second kappa shape index (κ2) is 10.0. The summed E-state index contributed by atoms with van der Waals surface area (Å²) in [7, 11) is 2.08. The molecular weight excluding hydrogens is 545 g/mol. The van der Waals surface area contributed by atoms with Gasteiger partial charge in [-0.15, -0.1) is 0 Å². The highest BCUT2D eigenvalue weighted by atomic mass is 16.5. The van der Waals surface area contributed by atoms with Crippen molar-refractivity contribution in [2.24, 2.45) is 0 Å². The van der Waals surface area contributed by atoms with Gasteiger partial charge in [0, 0.05) is 42.4 Å². The molecule has 0 radical (unpaired) electrons. The molecule has 0 N–H and O–H groups in total. The van der Waals surface area contributed by atoms with Crippen LogP contribution in [-0.2, 0) is 0 Å². The van der Waals surface area contributed by atoms with Gasteiger partial charge in [-0.1, -0.05) is 45.9 Å². The summed E-state index contributed by atoms with van der Waals surface area (Å²) in [5.41, 5.74) is 10.4. The fourth-order valence-electron chi connectivity index (χ4n) is 6.80. The largest absolute Gasteiger partial charge is 0.457 e. The first-order valence-corrected chi connectivity index (χ1v) is 15.3. The van der Waals surface area contributed by atoms with Gasteiger partial charge in [0.1, 0.15) is 23.0 Å². The Bertz CT molecular complexity index is 1920. The van der Waals surface area contributed by atoms with E-state index in [1.54, 1.807) is 12.4 Å². The van der Waals surface area contributed by atoms with Gasteiger partial charge in [0.2, 0.25) is 0 Å². The second-order valence-corrected chi connectivity index (χ2v) is 12.6. The lowest BCUT2D eigenvalue weighted by Crippen LogP contribution is -2.57. The third-order valence-electron chi connectivity index (χ3n) is 8.97. The minimum absolute atomic E-state index is 0.0658. The predicted molar refractivity (Wildman–Crippen MR) is 177 cm³/mol. The number of benzene rings is 3. The van der Waals surface area contributed by atoms with E-state index in [0.717, 1.165) is 63.0 Å². The number of nitrogens with zero attached hydrogens (tertiary/aromatic N) is 5. The van der Waals surface area contributed by atoms with Crippen LogP contribution in [0.4, 0.5) is 5.69 Å². The van der Waals surface area contributed by atoms with Crippen LogP contribution in [0.15, 0.2) is 91.8 Å². The molecule has 2 aromatic heterocycles. The van der Waals surface area contributed by atoms with E-state index in [-0.39, 0.29) is 6.71 Å². The molecule has 5 aromatic rings. The topological polar surface area (TPSA) is 55.7 Å². The van der Waals surface area contributed by atoms with E-state index in [0.29, 0.717) is 11.8 Å². The van der Waals surface area contributed by atoms with Gasteiger partial charge in [0.25, 0.3) is 6.71 Å². The van der Waals surface area contributed by atoms with Crippen LogP contribution in [0.25, 0.3) is 16.8 Å². The van der Waals surface area contributed by atoms with E-state index in [1.807, 2.05) is 10.9 Å². The van der Waals surface area contributed by atoms with Crippen LogP contribution in [0, 0.1) is 0 Å². The molecule has 0 amide bonds. The molecule has 8 heteroatoms. The van der Waals surface area contributed by atoms with Gasteiger partial charge < -0.3 is 19.3 Å². The fraction of sp³-hybridized carbons (Fsp3) is 0.222. The maximum Gasteiger partial charge on any atom is 0.261 e. The number of aromatic nitrogens is 3. The molecule has 3 aliphatic rings.